The fourth-order valence-electron chi connectivity index (χ4n) is 0.905. The van der Waals surface area contributed by atoms with Gasteiger partial charge in [0, 0.05) is 6.42 Å². The molecule has 1 rings (SSSR count). The summed E-state index contributed by atoms with van der Waals surface area (Å²) in [6.45, 7) is 1.96. The van der Waals surface area contributed by atoms with E-state index in [-0.39, 0.29) is 12.1 Å². The van der Waals surface area contributed by atoms with Crippen molar-refractivity contribution in [3.8, 4) is 0 Å². The molecule has 0 bridgehead atoms. The van der Waals surface area contributed by atoms with E-state index in [1.807, 2.05) is 31.2 Å². The smallest absolute Gasteiger partial charge is 0.306 e. The lowest BCUT2D eigenvalue weighted by Crippen LogP contribution is -2.11. The van der Waals surface area contributed by atoms with Crippen molar-refractivity contribution in [1.82, 2.24) is 0 Å². The van der Waals surface area contributed by atoms with Crippen LogP contribution in [0.15, 0.2) is 24.3 Å². The van der Waals surface area contributed by atoms with Gasteiger partial charge in [0.2, 0.25) is 0 Å². The SMILES string of the molecule is CCCC(=O)OC1C=CC=C1.CN.CN.CN. The number of carbonyl (C=O) groups excluding carboxylic acids is 1. The second-order valence-electron chi connectivity index (χ2n) is 2.47. The molecule has 0 aromatic carbocycles. The van der Waals surface area contributed by atoms with Crippen molar-refractivity contribution in [1.29, 1.82) is 0 Å². The van der Waals surface area contributed by atoms with Crippen molar-refractivity contribution in [2.45, 2.75) is 25.9 Å². The molecule has 0 fully saturated rings. The summed E-state index contributed by atoms with van der Waals surface area (Å²) >= 11 is 0. The average molecular weight is 245 g/mol. The number of rotatable bonds is 3. The quantitative estimate of drug-likeness (QED) is 0.630. The fourth-order valence-corrected chi connectivity index (χ4v) is 0.905. The first-order valence-corrected chi connectivity index (χ1v) is 5.60. The average Bonchev–Trinajstić information content (AvgIpc) is 2.90. The summed E-state index contributed by atoms with van der Waals surface area (Å²) in [6.07, 6.45) is 8.71. The van der Waals surface area contributed by atoms with Gasteiger partial charge in [-0.25, -0.2) is 0 Å². The molecule has 0 heterocycles. The van der Waals surface area contributed by atoms with Gasteiger partial charge in [-0.3, -0.25) is 4.79 Å². The van der Waals surface area contributed by atoms with Gasteiger partial charge in [0.05, 0.1) is 0 Å². The van der Waals surface area contributed by atoms with Crippen molar-refractivity contribution in [3.05, 3.63) is 24.3 Å². The fraction of sp³-hybridized carbons (Fsp3) is 0.583. The number of hydrogen-bond donors (Lipinski definition) is 3. The minimum atomic E-state index is -0.117. The zero-order valence-electron chi connectivity index (χ0n) is 11.3. The van der Waals surface area contributed by atoms with Crippen LogP contribution in [0.5, 0.6) is 0 Å². The standard InChI is InChI=1S/C9H12O2.3CH5N/c1-2-5-9(10)11-8-6-3-4-7-8;3*1-2/h3-4,6-8H,2,5H2,1H3;3*2H2,1H3. The van der Waals surface area contributed by atoms with Crippen LogP contribution in [0.3, 0.4) is 0 Å². The summed E-state index contributed by atoms with van der Waals surface area (Å²) in [5.74, 6) is -0.117. The third-order valence-electron chi connectivity index (χ3n) is 1.43. The second-order valence-corrected chi connectivity index (χ2v) is 2.47. The summed E-state index contributed by atoms with van der Waals surface area (Å²) < 4.78 is 5.04. The van der Waals surface area contributed by atoms with Gasteiger partial charge in [0.15, 0.2) is 0 Å². The van der Waals surface area contributed by atoms with Crippen LogP contribution in [0.25, 0.3) is 0 Å². The van der Waals surface area contributed by atoms with E-state index in [1.165, 1.54) is 21.1 Å². The molecule has 0 unspecified atom stereocenters. The second kappa shape index (κ2) is 20.3. The normalized spacial score (nSPS) is 11.2. The number of ether oxygens (including phenoxy) is 1. The Kier molecular flexibility index (Phi) is 25.2. The summed E-state index contributed by atoms with van der Waals surface area (Å²) in [5.41, 5.74) is 13.5. The highest BCUT2D eigenvalue weighted by atomic mass is 16.5. The Bertz CT molecular complexity index is 192. The van der Waals surface area contributed by atoms with Gasteiger partial charge >= 0.3 is 5.97 Å². The van der Waals surface area contributed by atoms with Crippen LogP contribution in [0, 0.1) is 0 Å². The highest BCUT2D eigenvalue weighted by Gasteiger charge is 2.08. The number of allylic oxidation sites excluding steroid dienone is 2. The number of hydrogen-bond acceptors (Lipinski definition) is 5. The van der Waals surface area contributed by atoms with E-state index >= 15 is 0 Å². The minimum absolute atomic E-state index is 0.117. The topological polar surface area (TPSA) is 104 Å². The molecule has 0 saturated heterocycles. The predicted molar refractivity (Wildman–Crippen MR) is 73.4 cm³/mol. The molecule has 1 aliphatic rings. The molecule has 0 saturated carbocycles. The van der Waals surface area contributed by atoms with E-state index < -0.39 is 0 Å². The Morgan fingerprint density at radius 1 is 1.06 bits per heavy atom. The van der Waals surface area contributed by atoms with E-state index in [4.69, 9.17) is 4.74 Å². The van der Waals surface area contributed by atoms with Crippen LogP contribution < -0.4 is 17.2 Å². The molecule has 102 valence electrons. The van der Waals surface area contributed by atoms with Crippen LogP contribution in [0.4, 0.5) is 0 Å². The van der Waals surface area contributed by atoms with Crippen molar-refractivity contribution in [2.75, 3.05) is 21.1 Å². The maximum Gasteiger partial charge on any atom is 0.306 e. The first-order chi connectivity index (χ1) is 8.33. The minimum Gasteiger partial charge on any atom is -0.454 e. The summed E-state index contributed by atoms with van der Waals surface area (Å²) in [4.78, 5) is 10.9. The van der Waals surface area contributed by atoms with Gasteiger partial charge < -0.3 is 21.9 Å². The Balaban J connectivity index is -0.000000285. The number of esters is 1. The largest absolute Gasteiger partial charge is 0.454 e. The zero-order valence-corrected chi connectivity index (χ0v) is 11.3. The molecule has 5 heteroatoms. The predicted octanol–water partition coefficient (Wildman–Crippen LogP) is 0.549. The first-order valence-electron chi connectivity index (χ1n) is 5.60. The first kappa shape index (κ1) is 21.1. The lowest BCUT2D eigenvalue weighted by atomic mass is 10.3. The van der Waals surface area contributed by atoms with E-state index in [0.717, 1.165) is 6.42 Å². The van der Waals surface area contributed by atoms with Gasteiger partial charge in [0.25, 0.3) is 0 Å². The third kappa shape index (κ3) is 14.8. The van der Waals surface area contributed by atoms with Crippen molar-refractivity contribution in [2.24, 2.45) is 17.2 Å². The van der Waals surface area contributed by atoms with Gasteiger partial charge in [-0.15, -0.1) is 0 Å². The molecule has 17 heavy (non-hydrogen) atoms. The molecule has 1 aliphatic carbocycles. The molecule has 0 radical (unpaired) electrons. The Morgan fingerprint density at radius 3 is 1.82 bits per heavy atom. The van der Waals surface area contributed by atoms with Crippen LogP contribution >= 0.6 is 0 Å². The summed E-state index contributed by atoms with van der Waals surface area (Å²) in [5, 5.41) is 0. The van der Waals surface area contributed by atoms with Crippen molar-refractivity contribution in [3.63, 3.8) is 0 Å². The molecular formula is C12H27N3O2. The van der Waals surface area contributed by atoms with Gasteiger partial charge in [-0.1, -0.05) is 19.1 Å². The molecular weight excluding hydrogens is 218 g/mol. The van der Waals surface area contributed by atoms with E-state index in [9.17, 15) is 4.79 Å². The maximum atomic E-state index is 10.9. The van der Waals surface area contributed by atoms with Crippen LogP contribution in [-0.4, -0.2) is 33.2 Å². The van der Waals surface area contributed by atoms with Crippen molar-refractivity contribution < 1.29 is 9.53 Å². The highest BCUT2D eigenvalue weighted by Crippen LogP contribution is 2.06. The molecule has 6 N–H and O–H groups in total. The molecule has 0 amide bonds. The van der Waals surface area contributed by atoms with Gasteiger partial charge in [0.1, 0.15) is 6.10 Å². The van der Waals surface area contributed by atoms with Gasteiger partial charge in [-0.2, -0.15) is 0 Å². The molecule has 0 aromatic heterocycles. The monoisotopic (exact) mass is 245 g/mol. The molecule has 0 atom stereocenters. The van der Waals surface area contributed by atoms with Crippen molar-refractivity contribution >= 4 is 5.97 Å². The van der Waals surface area contributed by atoms with E-state index in [0.29, 0.717) is 6.42 Å². The highest BCUT2D eigenvalue weighted by molar-refractivity contribution is 5.69. The van der Waals surface area contributed by atoms with Crippen LogP contribution in [0.2, 0.25) is 0 Å². The van der Waals surface area contributed by atoms with E-state index in [1.54, 1.807) is 0 Å². The maximum absolute atomic E-state index is 10.9. The summed E-state index contributed by atoms with van der Waals surface area (Å²) in [6, 6.07) is 0. The lowest BCUT2D eigenvalue weighted by Gasteiger charge is -2.06. The third-order valence-corrected chi connectivity index (χ3v) is 1.43. The summed E-state index contributed by atoms with van der Waals surface area (Å²) in [7, 11) is 4.50. The Morgan fingerprint density at radius 2 is 1.47 bits per heavy atom. The molecule has 0 aromatic rings. The number of carbonyl (C=O) groups is 1. The lowest BCUT2D eigenvalue weighted by molar-refractivity contribution is -0.145. The zero-order chi connectivity index (χ0) is 14.1. The van der Waals surface area contributed by atoms with Crippen LogP contribution in [-0.2, 0) is 9.53 Å². The Labute approximate surface area is 105 Å². The molecule has 0 aliphatic heterocycles. The molecule has 0 spiro atoms. The molecule has 5 nitrogen and oxygen atoms in total. The number of nitrogens with two attached hydrogens (primary N) is 3. The Hall–Kier alpha value is -1.17. The van der Waals surface area contributed by atoms with Crippen LogP contribution in [0.1, 0.15) is 19.8 Å². The van der Waals surface area contributed by atoms with Gasteiger partial charge in [-0.05, 0) is 39.7 Å². The van der Waals surface area contributed by atoms with E-state index in [2.05, 4.69) is 17.2 Å².